The lowest BCUT2D eigenvalue weighted by Crippen LogP contribution is -2.17. The molecule has 0 radical (unpaired) electrons. The molecule has 0 spiro atoms. The van der Waals surface area contributed by atoms with Crippen molar-refractivity contribution in [1.29, 1.82) is 0 Å². The van der Waals surface area contributed by atoms with Gasteiger partial charge in [0.15, 0.2) is 0 Å². The molecule has 0 aliphatic rings. The summed E-state index contributed by atoms with van der Waals surface area (Å²) in [6, 6.07) is 13.3. The summed E-state index contributed by atoms with van der Waals surface area (Å²) in [7, 11) is 1.83. The Hall–Kier alpha value is -1.80. The topological polar surface area (TPSA) is 64.9 Å². The van der Waals surface area contributed by atoms with Crippen LogP contribution in [0, 0.1) is 0 Å². The number of tetrazole rings is 1. The Balaban J connectivity index is 1.50. The molecule has 3 rings (SSSR count). The van der Waals surface area contributed by atoms with Crippen molar-refractivity contribution in [3.8, 4) is 5.75 Å². The number of benzene rings is 2. The molecule has 0 atom stereocenters. The van der Waals surface area contributed by atoms with Crippen molar-refractivity contribution in [2.24, 2.45) is 7.05 Å². The van der Waals surface area contributed by atoms with E-state index in [1.807, 2.05) is 49.5 Å². The second-order valence-electron chi connectivity index (χ2n) is 5.78. The lowest BCUT2D eigenvalue weighted by Gasteiger charge is -2.13. The molecule has 0 saturated carbocycles. The van der Waals surface area contributed by atoms with Crippen molar-refractivity contribution in [2.45, 2.75) is 18.3 Å². The van der Waals surface area contributed by atoms with E-state index in [-0.39, 0.29) is 0 Å². The highest BCUT2D eigenvalue weighted by molar-refractivity contribution is 7.99. The number of rotatable bonds is 9. The quantitative estimate of drug-likeness (QED) is 0.414. The maximum Gasteiger partial charge on any atom is 0.209 e. The minimum absolute atomic E-state index is 0.473. The second kappa shape index (κ2) is 9.94. The highest BCUT2D eigenvalue weighted by Gasteiger charge is 2.07. The third-order valence-corrected chi connectivity index (χ3v) is 5.24. The van der Waals surface area contributed by atoms with Gasteiger partial charge in [-0.3, -0.25) is 0 Å². The van der Waals surface area contributed by atoms with Crippen molar-refractivity contribution in [2.75, 3.05) is 12.3 Å². The Bertz CT molecular complexity index is 872. The van der Waals surface area contributed by atoms with E-state index in [0.717, 1.165) is 34.3 Å². The first-order valence-corrected chi connectivity index (χ1v) is 10.1. The number of hydrogen-bond donors (Lipinski definition) is 1. The molecule has 0 unspecified atom stereocenters. The first-order valence-electron chi connectivity index (χ1n) is 8.33. The van der Waals surface area contributed by atoms with Crippen molar-refractivity contribution < 1.29 is 4.74 Å². The molecule has 1 heterocycles. The number of thioether (sulfide) groups is 1. The van der Waals surface area contributed by atoms with Crippen LogP contribution in [0.1, 0.15) is 11.1 Å². The smallest absolute Gasteiger partial charge is 0.209 e. The number of nitrogens with zero attached hydrogens (tertiary/aromatic N) is 4. The zero-order valence-corrected chi connectivity index (χ0v) is 17.1. The van der Waals surface area contributed by atoms with Crippen LogP contribution in [0.25, 0.3) is 0 Å². The van der Waals surface area contributed by atoms with E-state index >= 15 is 0 Å². The monoisotopic (exact) mass is 423 g/mol. The zero-order valence-electron chi connectivity index (χ0n) is 14.7. The van der Waals surface area contributed by atoms with Crippen LogP contribution in [0.4, 0.5) is 0 Å². The summed E-state index contributed by atoms with van der Waals surface area (Å²) < 4.78 is 7.63. The maximum absolute atomic E-state index is 6.15. The largest absolute Gasteiger partial charge is 0.489 e. The van der Waals surface area contributed by atoms with Gasteiger partial charge in [-0.15, -0.1) is 5.10 Å². The summed E-state index contributed by atoms with van der Waals surface area (Å²) in [5.74, 6) is 1.67. The average molecular weight is 424 g/mol. The number of aryl methyl sites for hydroxylation is 1. The first kappa shape index (κ1) is 19.9. The lowest BCUT2D eigenvalue weighted by atomic mass is 10.2. The summed E-state index contributed by atoms with van der Waals surface area (Å²) in [5.41, 5.74) is 2.07. The minimum Gasteiger partial charge on any atom is -0.489 e. The van der Waals surface area contributed by atoms with E-state index in [1.54, 1.807) is 16.4 Å². The van der Waals surface area contributed by atoms with E-state index in [2.05, 4.69) is 20.8 Å². The van der Waals surface area contributed by atoms with Crippen molar-refractivity contribution >= 4 is 35.0 Å². The Labute approximate surface area is 172 Å². The average Bonchev–Trinajstić information content (AvgIpc) is 3.07. The van der Waals surface area contributed by atoms with Gasteiger partial charge in [0, 0.05) is 41.5 Å². The van der Waals surface area contributed by atoms with Crippen LogP contribution < -0.4 is 10.1 Å². The third-order valence-electron chi connectivity index (χ3n) is 3.74. The Kier molecular flexibility index (Phi) is 7.34. The van der Waals surface area contributed by atoms with Gasteiger partial charge >= 0.3 is 0 Å². The molecule has 2 aromatic carbocycles. The predicted molar refractivity (Wildman–Crippen MR) is 108 cm³/mol. The van der Waals surface area contributed by atoms with E-state index < -0.39 is 0 Å². The number of halogens is 2. The van der Waals surface area contributed by atoms with Crippen molar-refractivity contribution in [3.63, 3.8) is 0 Å². The van der Waals surface area contributed by atoms with Crippen LogP contribution in [-0.4, -0.2) is 32.5 Å². The summed E-state index contributed by atoms with van der Waals surface area (Å²) in [4.78, 5) is 0. The lowest BCUT2D eigenvalue weighted by molar-refractivity contribution is 0.302. The van der Waals surface area contributed by atoms with E-state index in [0.29, 0.717) is 23.2 Å². The van der Waals surface area contributed by atoms with Crippen molar-refractivity contribution in [3.05, 3.63) is 63.6 Å². The molecule has 3 aromatic rings. The Morgan fingerprint density at radius 2 is 1.89 bits per heavy atom. The van der Waals surface area contributed by atoms with E-state index in [4.69, 9.17) is 27.9 Å². The van der Waals surface area contributed by atoms with Crippen LogP contribution in [0.15, 0.2) is 47.6 Å². The van der Waals surface area contributed by atoms with Crippen molar-refractivity contribution in [1.82, 2.24) is 25.5 Å². The van der Waals surface area contributed by atoms with Gasteiger partial charge in [-0.1, -0.05) is 47.1 Å². The van der Waals surface area contributed by atoms with Crippen LogP contribution in [0.3, 0.4) is 0 Å². The van der Waals surface area contributed by atoms with Crippen LogP contribution >= 0.6 is 35.0 Å². The summed E-state index contributed by atoms with van der Waals surface area (Å²) in [6.07, 6.45) is 0. The summed E-state index contributed by atoms with van der Waals surface area (Å²) in [6.45, 7) is 1.94. The molecule has 0 amide bonds. The molecule has 0 bridgehead atoms. The SMILES string of the molecule is Cn1nnnc1SCCNCc1cc(Cl)ccc1OCc1ccc(Cl)cc1. The van der Waals surface area contributed by atoms with Gasteiger partial charge in [-0.2, -0.15) is 0 Å². The molecule has 142 valence electrons. The zero-order chi connectivity index (χ0) is 19.1. The van der Waals surface area contributed by atoms with E-state index in [9.17, 15) is 0 Å². The Morgan fingerprint density at radius 1 is 1.11 bits per heavy atom. The van der Waals surface area contributed by atoms with Gasteiger partial charge in [-0.25, -0.2) is 4.68 Å². The van der Waals surface area contributed by atoms with Crippen LogP contribution in [-0.2, 0) is 20.2 Å². The molecule has 1 N–H and O–H groups in total. The minimum atomic E-state index is 0.473. The molecule has 0 aliphatic heterocycles. The number of nitrogens with one attached hydrogen (secondary N) is 1. The van der Waals surface area contributed by atoms with E-state index in [1.165, 1.54) is 0 Å². The fraction of sp³-hybridized carbons (Fsp3) is 0.278. The predicted octanol–water partition coefficient (Wildman–Crippen LogP) is 3.98. The molecule has 0 saturated heterocycles. The molecular weight excluding hydrogens is 405 g/mol. The van der Waals surface area contributed by atoms with Crippen LogP contribution in [0.2, 0.25) is 10.0 Å². The first-order chi connectivity index (χ1) is 13.1. The standard InChI is InChI=1S/C18H19Cl2N5OS/c1-25-18(22-23-24-25)27-9-8-21-11-14-10-16(20)6-7-17(14)26-12-13-2-4-15(19)5-3-13/h2-7,10,21H,8-9,11-12H2,1H3. The molecule has 0 aliphatic carbocycles. The number of hydrogen-bond acceptors (Lipinski definition) is 6. The van der Waals surface area contributed by atoms with Gasteiger partial charge in [0.25, 0.3) is 0 Å². The molecule has 6 nitrogen and oxygen atoms in total. The summed E-state index contributed by atoms with van der Waals surface area (Å²) >= 11 is 13.7. The van der Waals surface area contributed by atoms with Gasteiger partial charge in [0.2, 0.25) is 5.16 Å². The number of ether oxygens (including phenoxy) is 1. The fourth-order valence-electron chi connectivity index (χ4n) is 2.35. The molecule has 9 heteroatoms. The number of aromatic nitrogens is 4. The molecule has 0 fully saturated rings. The van der Waals surface area contributed by atoms with Gasteiger partial charge in [0.05, 0.1) is 0 Å². The molecule has 1 aromatic heterocycles. The van der Waals surface area contributed by atoms with Gasteiger partial charge in [0.1, 0.15) is 12.4 Å². The Morgan fingerprint density at radius 3 is 2.63 bits per heavy atom. The molecular formula is C18H19Cl2N5OS. The highest BCUT2D eigenvalue weighted by atomic mass is 35.5. The fourth-order valence-corrected chi connectivity index (χ4v) is 3.42. The van der Waals surface area contributed by atoms with Gasteiger partial charge < -0.3 is 10.1 Å². The van der Waals surface area contributed by atoms with Gasteiger partial charge in [-0.05, 0) is 46.3 Å². The second-order valence-corrected chi connectivity index (χ2v) is 7.71. The maximum atomic E-state index is 6.15. The summed E-state index contributed by atoms with van der Waals surface area (Å²) in [5, 5.41) is 17.0. The normalized spacial score (nSPS) is 10.9. The van der Waals surface area contributed by atoms with Crippen LogP contribution in [0.5, 0.6) is 5.75 Å². The highest BCUT2D eigenvalue weighted by Crippen LogP contribution is 2.24. The third kappa shape index (κ3) is 6.10. The molecule has 27 heavy (non-hydrogen) atoms.